The molecule has 0 radical (unpaired) electrons. The smallest absolute Gasteiger partial charge is 0.282 e. The van der Waals surface area contributed by atoms with E-state index in [2.05, 4.69) is 29.6 Å². The van der Waals surface area contributed by atoms with Gasteiger partial charge in [0.1, 0.15) is 0 Å². The summed E-state index contributed by atoms with van der Waals surface area (Å²) in [6.07, 6.45) is 0.743. The predicted molar refractivity (Wildman–Crippen MR) is 147 cm³/mol. The van der Waals surface area contributed by atoms with Crippen molar-refractivity contribution in [2.45, 2.75) is 33.9 Å². The average molecular weight is 532 g/mol. The van der Waals surface area contributed by atoms with E-state index in [9.17, 15) is 20.2 Å². The molecule has 9 heteroatoms. The zero-order valence-electron chi connectivity index (χ0n) is 19.5. The third kappa shape index (κ3) is 4.10. The Morgan fingerprint density at radius 3 is 2.35 bits per heavy atom. The van der Waals surface area contributed by atoms with Gasteiger partial charge in [0.2, 0.25) is 0 Å². The number of alkyl halides is 1. The highest BCUT2D eigenvalue weighted by atomic mass is 35.5. The number of non-ortho nitro benzene ring substituents is 1. The molecular formula is C28H22ClN3O4S. The molecule has 0 bridgehead atoms. The van der Waals surface area contributed by atoms with Crippen molar-refractivity contribution in [1.29, 1.82) is 0 Å². The third-order valence-corrected chi connectivity index (χ3v) is 9.62. The summed E-state index contributed by atoms with van der Waals surface area (Å²) in [4.78, 5) is 22.7. The minimum Gasteiger partial charge on any atom is -0.378 e. The highest BCUT2D eigenvalue weighted by Gasteiger charge is 2.51. The van der Waals surface area contributed by atoms with Crippen molar-refractivity contribution in [1.82, 2.24) is 0 Å². The van der Waals surface area contributed by atoms with Crippen LogP contribution in [0.25, 0.3) is 10.8 Å². The van der Waals surface area contributed by atoms with E-state index in [-0.39, 0.29) is 44.8 Å². The molecule has 5 atom stereocenters. The number of thioether (sulfide) groups is 1. The van der Waals surface area contributed by atoms with Gasteiger partial charge in [-0.3, -0.25) is 20.2 Å². The molecule has 1 saturated carbocycles. The Balaban J connectivity index is 1.44. The molecule has 186 valence electrons. The summed E-state index contributed by atoms with van der Waals surface area (Å²) in [5.74, 6) is 0.104. The van der Waals surface area contributed by atoms with Crippen molar-refractivity contribution in [3.63, 3.8) is 0 Å². The fraction of sp³-hybridized carbons (Fsp3) is 0.214. The highest BCUT2D eigenvalue weighted by molar-refractivity contribution is 8.00. The van der Waals surface area contributed by atoms with Gasteiger partial charge in [-0.25, -0.2) is 0 Å². The van der Waals surface area contributed by atoms with Crippen LogP contribution < -0.4 is 5.32 Å². The molecule has 1 heterocycles. The van der Waals surface area contributed by atoms with Crippen LogP contribution in [-0.4, -0.2) is 20.5 Å². The van der Waals surface area contributed by atoms with Gasteiger partial charge < -0.3 is 5.32 Å². The van der Waals surface area contributed by atoms with E-state index < -0.39 is 4.92 Å². The van der Waals surface area contributed by atoms with E-state index in [1.54, 1.807) is 12.1 Å². The van der Waals surface area contributed by atoms with Crippen LogP contribution >= 0.6 is 23.4 Å². The monoisotopic (exact) mass is 531 g/mol. The molecule has 2 aliphatic rings. The number of nitro benzene ring substituents is 2. The molecule has 4 aromatic rings. The average Bonchev–Trinajstić information content (AvgIpc) is 3.23. The van der Waals surface area contributed by atoms with Gasteiger partial charge in [0.05, 0.1) is 26.2 Å². The van der Waals surface area contributed by atoms with Crippen molar-refractivity contribution in [3.05, 3.63) is 116 Å². The van der Waals surface area contributed by atoms with Gasteiger partial charge in [-0.15, -0.1) is 23.4 Å². The lowest BCUT2D eigenvalue weighted by molar-refractivity contribution is -0.387. The van der Waals surface area contributed by atoms with Gasteiger partial charge in [0, 0.05) is 35.1 Å². The largest absolute Gasteiger partial charge is 0.378 e. The minimum absolute atomic E-state index is 0.00415. The van der Waals surface area contributed by atoms with Gasteiger partial charge in [-0.05, 0) is 46.4 Å². The predicted octanol–water partition coefficient (Wildman–Crippen LogP) is 7.69. The van der Waals surface area contributed by atoms with E-state index >= 15 is 0 Å². The maximum atomic E-state index is 11.7. The Morgan fingerprint density at radius 1 is 0.865 bits per heavy atom. The number of nitro groups is 2. The van der Waals surface area contributed by atoms with Crippen LogP contribution in [0.4, 0.5) is 17.1 Å². The van der Waals surface area contributed by atoms with Crippen LogP contribution in [0.2, 0.25) is 0 Å². The minimum atomic E-state index is -0.397. The molecule has 7 nitrogen and oxygen atoms in total. The first-order valence-corrected chi connectivity index (χ1v) is 13.3. The molecule has 0 spiro atoms. The number of anilines is 1. The standard InChI is InChI=1S/C28H22ClN3O4S/c29-27-24(37-23-8-4-3-7-22(23)32(35)36)15-20-26(27)25-19-6-2-1-5-16(19)11-14-21(25)30-28(20)17-9-12-18(13-10-17)31(33)34/h1-14,20,24,26-28,30H,15H2/t20-,24+,26+,27+,28+/m1/s1. The van der Waals surface area contributed by atoms with Gasteiger partial charge >= 0.3 is 0 Å². The summed E-state index contributed by atoms with van der Waals surface area (Å²) in [7, 11) is 0. The fourth-order valence-electron chi connectivity index (χ4n) is 5.90. The molecule has 0 saturated heterocycles. The molecule has 6 rings (SSSR count). The number of nitrogens with one attached hydrogen (secondary N) is 1. The zero-order valence-corrected chi connectivity index (χ0v) is 21.1. The van der Waals surface area contributed by atoms with Crippen LogP contribution in [-0.2, 0) is 0 Å². The van der Waals surface area contributed by atoms with Crippen molar-refractivity contribution in [2.75, 3.05) is 5.32 Å². The van der Waals surface area contributed by atoms with Crippen molar-refractivity contribution in [3.8, 4) is 0 Å². The number of halogens is 1. The summed E-state index contributed by atoms with van der Waals surface area (Å²) < 4.78 is 0. The second-order valence-electron chi connectivity index (χ2n) is 9.47. The molecule has 37 heavy (non-hydrogen) atoms. The van der Waals surface area contributed by atoms with Gasteiger partial charge in [0.25, 0.3) is 11.4 Å². The number of hydrogen-bond donors (Lipinski definition) is 1. The van der Waals surface area contributed by atoms with Crippen LogP contribution in [0, 0.1) is 26.1 Å². The van der Waals surface area contributed by atoms with Gasteiger partial charge in [-0.1, -0.05) is 54.6 Å². The van der Waals surface area contributed by atoms with Crippen LogP contribution in [0.15, 0.2) is 89.8 Å². The first-order chi connectivity index (χ1) is 17.9. The number of rotatable bonds is 5. The number of fused-ring (bicyclic) bond motifs is 5. The number of nitrogens with zero attached hydrogens (tertiary/aromatic N) is 2. The fourth-order valence-corrected chi connectivity index (χ4v) is 7.84. The molecule has 0 aromatic heterocycles. The Morgan fingerprint density at radius 2 is 1.59 bits per heavy atom. The molecular weight excluding hydrogens is 510 g/mol. The topological polar surface area (TPSA) is 98.3 Å². The number of hydrogen-bond acceptors (Lipinski definition) is 6. The van der Waals surface area contributed by atoms with E-state index in [1.807, 2.05) is 30.3 Å². The zero-order chi connectivity index (χ0) is 25.7. The Kier molecular flexibility index (Phi) is 6.01. The summed E-state index contributed by atoms with van der Waals surface area (Å²) >= 11 is 8.75. The van der Waals surface area contributed by atoms with Crippen LogP contribution in [0.5, 0.6) is 0 Å². The Labute approximate surface area is 222 Å². The van der Waals surface area contributed by atoms with Crippen molar-refractivity contribution in [2.24, 2.45) is 5.92 Å². The lowest BCUT2D eigenvalue weighted by Crippen LogP contribution is -2.31. The Hall–Kier alpha value is -3.62. The van der Waals surface area contributed by atoms with Crippen LogP contribution in [0.3, 0.4) is 0 Å². The highest BCUT2D eigenvalue weighted by Crippen LogP contribution is 2.59. The number of para-hydroxylation sites is 1. The second kappa shape index (κ2) is 9.36. The Bertz CT molecular complexity index is 1530. The summed E-state index contributed by atoms with van der Waals surface area (Å²) in [6, 6.07) is 25.8. The SMILES string of the molecule is O=[N+]([O-])c1ccc([C@@H]2Nc3ccc4ccccc4c3[C@H]3[C@@H](Cl)[C@@H](Sc4ccccc4[N+](=O)[O-])C[C@H]32)cc1. The first kappa shape index (κ1) is 23.8. The third-order valence-electron chi connectivity index (χ3n) is 7.51. The molecule has 1 fully saturated rings. The van der Waals surface area contributed by atoms with E-state index in [0.717, 1.165) is 28.4 Å². The lowest BCUT2D eigenvalue weighted by Gasteiger charge is -2.39. The first-order valence-electron chi connectivity index (χ1n) is 12.0. The second-order valence-corrected chi connectivity index (χ2v) is 11.3. The van der Waals surface area contributed by atoms with E-state index in [1.165, 1.54) is 35.5 Å². The van der Waals surface area contributed by atoms with Crippen LogP contribution in [0.1, 0.15) is 29.5 Å². The van der Waals surface area contributed by atoms with E-state index in [0.29, 0.717) is 4.90 Å². The van der Waals surface area contributed by atoms with Crippen molar-refractivity contribution >= 4 is 51.2 Å². The number of benzene rings is 4. The summed E-state index contributed by atoms with van der Waals surface area (Å²) in [6.45, 7) is 0. The molecule has 0 amide bonds. The maximum absolute atomic E-state index is 11.7. The quantitative estimate of drug-likeness (QED) is 0.161. The normalized spacial score (nSPS) is 24.2. The van der Waals surface area contributed by atoms with Crippen molar-refractivity contribution < 1.29 is 9.85 Å². The lowest BCUT2D eigenvalue weighted by atomic mass is 9.75. The van der Waals surface area contributed by atoms with Gasteiger partial charge in [-0.2, -0.15) is 0 Å². The molecule has 0 unspecified atom stereocenters. The molecule has 1 aliphatic carbocycles. The molecule has 4 aromatic carbocycles. The molecule has 1 aliphatic heterocycles. The summed E-state index contributed by atoms with van der Waals surface area (Å²) in [5, 5.41) is 28.5. The molecule has 1 N–H and O–H groups in total. The maximum Gasteiger partial charge on any atom is 0.282 e. The summed E-state index contributed by atoms with van der Waals surface area (Å²) in [5.41, 5.74) is 3.27. The van der Waals surface area contributed by atoms with E-state index in [4.69, 9.17) is 11.6 Å². The van der Waals surface area contributed by atoms with Gasteiger partial charge in [0.15, 0.2) is 0 Å².